The Bertz CT molecular complexity index is 833. The number of amides is 1. The predicted octanol–water partition coefficient (Wildman–Crippen LogP) is 4.23. The molecule has 0 aliphatic carbocycles. The molecule has 0 fully saturated rings. The molecule has 1 N–H and O–H groups in total. The Morgan fingerprint density at radius 3 is 2.65 bits per heavy atom. The standard InChI is InChI=1S/C16H12BrN3O2S/c1-22-13-5-3-2-4-12(13)18-16(21)15-14(19-20-23-15)10-6-8-11(17)9-7-10/h2-9H,1H3,(H,18,21). The van der Waals surface area contributed by atoms with Crippen LogP contribution in [0.1, 0.15) is 9.67 Å². The second kappa shape index (κ2) is 6.89. The highest BCUT2D eigenvalue weighted by Crippen LogP contribution is 2.28. The van der Waals surface area contributed by atoms with E-state index in [9.17, 15) is 4.79 Å². The second-order valence-corrected chi connectivity index (χ2v) is 6.28. The lowest BCUT2D eigenvalue weighted by Gasteiger charge is -2.09. The largest absolute Gasteiger partial charge is 0.495 e. The number of hydrogen-bond donors (Lipinski definition) is 1. The molecule has 5 nitrogen and oxygen atoms in total. The number of carbonyl (C=O) groups excluding carboxylic acids is 1. The van der Waals surface area contributed by atoms with Crippen LogP contribution in [0.3, 0.4) is 0 Å². The van der Waals surface area contributed by atoms with Crippen LogP contribution in [0.5, 0.6) is 5.75 Å². The van der Waals surface area contributed by atoms with Crippen molar-refractivity contribution in [2.45, 2.75) is 0 Å². The van der Waals surface area contributed by atoms with Crippen LogP contribution in [0.25, 0.3) is 11.3 Å². The number of aromatic nitrogens is 2. The highest BCUT2D eigenvalue weighted by Gasteiger charge is 2.19. The second-order valence-electron chi connectivity index (χ2n) is 4.61. The monoisotopic (exact) mass is 389 g/mol. The molecule has 1 amide bonds. The summed E-state index contributed by atoms with van der Waals surface area (Å²) >= 11 is 4.45. The first-order valence-corrected chi connectivity index (χ1v) is 8.28. The smallest absolute Gasteiger partial charge is 0.269 e. The summed E-state index contributed by atoms with van der Waals surface area (Å²) in [6.45, 7) is 0. The summed E-state index contributed by atoms with van der Waals surface area (Å²) in [5.41, 5.74) is 2.01. The summed E-state index contributed by atoms with van der Waals surface area (Å²) in [7, 11) is 1.56. The summed E-state index contributed by atoms with van der Waals surface area (Å²) in [6.07, 6.45) is 0. The molecule has 0 radical (unpaired) electrons. The van der Waals surface area contributed by atoms with Crippen molar-refractivity contribution in [3.05, 3.63) is 57.9 Å². The van der Waals surface area contributed by atoms with Gasteiger partial charge in [0.1, 0.15) is 16.3 Å². The number of methoxy groups -OCH3 is 1. The van der Waals surface area contributed by atoms with Crippen LogP contribution in [-0.2, 0) is 0 Å². The minimum absolute atomic E-state index is 0.262. The Morgan fingerprint density at radius 2 is 1.91 bits per heavy atom. The van der Waals surface area contributed by atoms with Crippen LogP contribution in [0, 0.1) is 0 Å². The van der Waals surface area contributed by atoms with Crippen molar-refractivity contribution in [3.8, 4) is 17.0 Å². The molecule has 7 heteroatoms. The molecule has 0 aliphatic rings. The molecule has 0 atom stereocenters. The lowest BCUT2D eigenvalue weighted by Crippen LogP contribution is -2.12. The molecular weight excluding hydrogens is 378 g/mol. The van der Waals surface area contributed by atoms with Crippen LogP contribution in [0.2, 0.25) is 0 Å². The molecule has 2 aromatic carbocycles. The number of para-hydroxylation sites is 2. The summed E-state index contributed by atoms with van der Waals surface area (Å²) in [4.78, 5) is 13.0. The van der Waals surface area contributed by atoms with Crippen LogP contribution in [0.4, 0.5) is 5.69 Å². The number of hydrogen-bond acceptors (Lipinski definition) is 5. The van der Waals surface area contributed by atoms with E-state index in [2.05, 4.69) is 30.8 Å². The molecular formula is C16H12BrN3O2S. The van der Waals surface area contributed by atoms with Crippen molar-refractivity contribution in [2.24, 2.45) is 0 Å². The van der Waals surface area contributed by atoms with Crippen molar-refractivity contribution in [3.63, 3.8) is 0 Å². The van der Waals surface area contributed by atoms with Gasteiger partial charge in [0.15, 0.2) is 0 Å². The van der Waals surface area contributed by atoms with Gasteiger partial charge >= 0.3 is 0 Å². The highest BCUT2D eigenvalue weighted by molar-refractivity contribution is 9.10. The molecule has 1 aromatic heterocycles. The molecule has 0 saturated carbocycles. The van der Waals surface area contributed by atoms with E-state index in [1.807, 2.05) is 36.4 Å². The Morgan fingerprint density at radius 1 is 1.17 bits per heavy atom. The van der Waals surface area contributed by atoms with E-state index in [0.717, 1.165) is 21.6 Å². The molecule has 0 saturated heterocycles. The zero-order valence-corrected chi connectivity index (χ0v) is 14.5. The average molecular weight is 390 g/mol. The van der Waals surface area contributed by atoms with Gasteiger partial charge in [-0.25, -0.2) is 0 Å². The fraction of sp³-hybridized carbons (Fsp3) is 0.0625. The molecule has 116 valence electrons. The van der Waals surface area contributed by atoms with E-state index in [4.69, 9.17) is 4.74 Å². The van der Waals surface area contributed by atoms with E-state index in [1.165, 1.54) is 0 Å². The Balaban J connectivity index is 1.89. The van der Waals surface area contributed by atoms with E-state index < -0.39 is 0 Å². The Hall–Kier alpha value is -2.25. The van der Waals surface area contributed by atoms with E-state index in [-0.39, 0.29) is 5.91 Å². The topological polar surface area (TPSA) is 64.1 Å². The van der Waals surface area contributed by atoms with E-state index in [0.29, 0.717) is 22.0 Å². The van der Waals surface area contributed by atoms with Gasteiger partial charge < -0.3 is 10.1 Å². The lowest BCUT2D eigenvalue weighted by atomic mass is 10.1. The van der Waals surface area contributed by atoms with Gasteiger partial charge in [0.05, 0.1) is 12.8 Å². The van der Waals surface area contributed by atoms with Crippen LogP contribution in [0.15, 0.2) is 53.0 Å². The lowest BCUT2D eigenvalue weighted by molar-refractivity contribution is 0.103. The van der Waals surface area contributed by atoms with Crippen molar-refractivity contribution in [1.82, 2.24) is 9.59 Å². The van der Waals surface area contributed by atoms with Gasteiger partial charge in [-0.3, -0.25) is 4.79 Å². The molecule has 3 rings (SSSR count). The molecule has 23 heavy (non-hydrogen) atoms. The number of nitrogens with one attached hydrogen (secondary N) is 1. The number of ether oxygens (including phenoxy) is 1. The van der Waals surface area contributed by atoms with Gasteiger partial charge in [0.2, 0.25) is 0 Å². The number of nitrogens with zero attached hydrogens (tertiary/aromatic N) is 2. The maximum absolute atomic E-state index is 12.6. The fourth-order valence-corrected chi connectivity index (χ4v) is 2.91. The normalized spacial score (nSPS) is 10.3. The maximum Gasteiger partial charge on any atom is 0.269 e. The first kappa shape index (κ1) is 15.6. The Labute approximate surface area is 145 Å². The minimum Gasteiger partial charge on any atom is -0.495 e. The summed E-state index contributed by atoms with van der Waals surface area (Å²) < 4.78 is 10.1. The molecule has 0 unspecified atom stereocenters. The third-order valence-electron chi connectivity index (χ3n) is 3.17. The summed E-state index contributed by atoms with van der Waals surface area (Å²) in [6, 6.07) is 14.8. The van der Waals surface area contributed by atoms with Crippen LogP contribution < -0.4 is 10.1 Å². The number of anilines is 1. The number of carbonyl (C=O) groups is 1. The maximum atomic E-state index is 12.6. The molecule has 0 spiro atoms. The van der Waals surface area contributed by atoms with Gasteiger partial charge in [-0.15, -0.1) is 5.10 Å². The Kier molecular flexibility index (Phi) is 4.68. The third kappa shape index (κ3) is 3.40. The van der Waals surface area contributed by atoms with E-state index in [1.54, 1.807) is 19.2 Å². The highest BCUT2D eigenvalue weighted by atomic mass is 79.9. The molecule has 0 bridgehead atoms. The zero-order valence-electron chi connectivity index (χ0n) is 12.1. The third-order valence-corrected chi connectivity index (χ3v) is 4.42. The molecule has 1 heterocycles. The van der Waals surface area contributed by atoms with Crippen molar-refractivity contribution >= 4 is 39.1 Å². The number of benzene rings is 2. The summed E-state index contributed by atoms with van der Waals surface area (Å²) in [5.74, 6) is 0.339. The van der Waals surface area contributed by atoms with Gasteiger partial charge in [0.25, 0.3) is 5.91 Å². The molecule has 0 aliphatic heterocycles. The molecule has 3 aromatic rings. The van der Waals surface area contributed by atoms with Crippen LogP contribution in [-0.4, -0.2) is 22.6 Å². The number of halogens is 1. The van der Waals surface area contributed by atoms with Gasteiger partial charge in [-0.1, -0.05) is 44.7 Å². The zero-order chi connectivity index (χ0) is 16.2. The van der Waals surface area contributed by atoms with Crippen LogP contribution >= 0.6 is 27.5 Å². The average Bonchev–Trinajstić information content (AvgIpc) is 3.06. The minimum atomic E-state index is -0.262. The first-order chi connectivity index (χ1) is 11.2. The first-order valence-electron chi connectivity index (χ1n) is 6.71. The van der Waals surface area contributed by atoms with Gasteiger partial charge in [0, 0.05) is 10.0 Å². The quantitative estimate of drug-likeness (QED) is 0.724. The SMILES string of the molecule is COc1ccccc1NC(=O)c1snnc1-c1ccc(Br)cc1. The fourth-order valence-electron chi connectivity index (χ4n) is 2.06. The van der Waals surface area contributed by atoms with Crippen molar-refractivity contribution in [2.75, 3.05) is 12.4 Å². The van der Waals surface area contributed by atoms with Crippen molar-refractivity contribution in [1.29, 1.82) is 0 Å². The van der Waals surface area contributed by atoms with Gasteiger partial charge in [-0.05, 0) is 35.8 Å². The van der Waals surface area contributed by atoms with E-state index >= 15 is 0 Å². The van der Waals surface area contributed by atoms with Crippen molar-refractivity contribution < 1.29 is 9.53 Å². The van der Waals surface area contributed by atoms with Gasteiger partial charge in [-0.2, -0.15) is 0 Å². The predicted molar refractivity (Wildman–Crippen MR) is 94.0 cm³/mol. The number of rotatable bonds is 4. The summed E-state index contributed by atoms with van der Waals surface area (Å²) in [5, 5.41) is 6.93.